The summed E-state index contributed by atoms with van der Waals surface area (Å²) in [4.78, 5) is 28.4. The van der Waals surface area contributed by atoms with E-state index in [4.69, 9.17) is 4.74 Å². The summed E-state index contributed by atoms with van der Waals surface area (Å²) < 4.78 is 5.42. The second kappa shape index (κ2) is 9.00. The molecule has 0 aromatic heterocycles. The average Bonchev–Trinajstić information content (AvgIpc) is 2.63. The minimum absolute atomic E-state index is 0.0667. The first kappa shape index (κ1) is 18.7. The lowest BCUT2D eigenvalue weighted by molar-refractivity contribution is -0.114. The van der Waals surface area contributed by atoms with Crippen LogP contribution in [0.2, 0.25) is 0 Å². The van der Waals surface area contributed by atoms with Crippen molar-refractivity contribution in [2.75, 3.05) is 50.0 Å². The highest BCUT2D eigenvalue weighted by molar-refractivity contribution is 5.92. The van der Waals surface area contributed by atoms with Crippen molar-refractivity contribution in [1.82, 2.24) is 9.80 Å². The third kappa shape index (κ3) is 5.19. The van der Waals surface area contributed by atoms with E-state index < -0.39 is 0 Å². The maximum atomic E-state index is 12.8. The Labute approximate surface area is 154 Å². The van der Waals surface area contributed by atoms with Crippen LogP contribution in [-0.2, 0) is 9.53 Å². The summed E-state index contributed by atoms with van der Waals surface area (Å²) in [7, 11) is 0. The number of amides is 3. The van der Waals surface area contributed by atoms with Gasteiger partial charge in [0.15, 0.2) is 0 Å². The van der Waals surface area contributed by atoms with Gasteiger partial charge in [0.1, 0.15) is 0 Å². The number of nitrogens with one attached hydrogen (secondary N) is 2. The number of hydrogen-bond donors (Lipinski definition) is 2. The van der Waals surface area contributed by atoms with Gasteiger partial charge in [-0.1, -0.05) is 6.07 Å². The van der Waals surface area contributed by atoms with E-state index in [1.54, 1.807) is 12.1 Å². The van der Waals surface area contributed by atoms with Crippen molar-refractivity contribution in [2.24, 2.45) is 0 Å². The van der Waals surface area contributed by atoms with Crippen LogP contribution in [0.15, 0.2) is 24.3 Å². The molecule has 7 heteroatoms. The highest BCUT2D eigenvalue weighted by Crippen LogP contribution is 2.21. The van der Waals surface area contributed by atoms with Crippen LogP contribution in [0.4, 0.5) is 16.2 Å². The molecule has 0 aliphatic carbocycles. The van der Waals surface area contributed by atoms with Gasteiger partial charge in [0.25, 0.3) is 0 Å². The number of anilines is 2. The van der Waals surface area contributed by atoms with Crippen molar-refractivity contribution >= 4 is 23.3 Å². The Morgan fingerprint density at radius 2 is 1.85 bits per heavy atom. The number of rotatable bonds is 4. The Kier molecular flexibility index (Phi) is 6.46. The van der Waals surface area contributed by atoms with Crippen LogP contribution in [0.1, 0.15) is 26.2 Å². The quantitative estimate of drug-likeness (QED) is 0.864. The second-order valence-electron chi connectivity index (χ2n) is 6.95. The number of nitrogens with zero attached hydrogens (tertiary/aromatic N) is 2. The third-order valence-corrected chi connectivity index (χ3v) is 4.89. The average molecular weight is 360 g/mol. The predicted molar refractivity (Wildman–Crippen MR) is 101 cm³/mol. The van der Waals surface area contributed by atoms with E-state index in [0.29, 0.717) is 11.4 Å². The fraction of sp³-hybridized carbons (Fsp3) is 0.579. The smallest absolute Gasteiger partial charge is 0.322 e. The molecule has 142 valence electrons. The molecule has 0 radical (unpaired) electrons. The topological polar surface area (TPSA) is 73.9 Å². The molecule has 1 aromatic carbocycles. The molecule has 0 bridgehead atoms. The number of urea groups is 1. The normalized spacial score (nSPS) is 21.3. The number of benzene rings is 1. The Balaban J connectivity index is 1.61. The molecule has 7 nitrogen and oxygen atoms in total. The van der Waals surface area contributed by atoms with Gasteiger partial charge < -0.3 is 20.3 Å². The molecule has 26 heavy (non-hydrogen) atoms. The van der Waals surface area contributed by atoms with E-state index in [2.05, 4.69) is 15.5 Å². The molecule has 2 saturated heterocycles. The number of carbonyl (C=O) groups is 2. The number of piperidine rings is 1. The molecule has 0 saturated carbocycles. The van der Waals surface area contributed by atoms with Gasteiger partial charge in [0.05, 0.1) is 13.2 Å². The monoisotopic (exact) mass is 360 g/mol. The van der Waals surface area contributed by atoms with E-state index >= 15 is 0 Å². The lowest BCUT2D eigenvalue weighted by Crippen LogP contribution is -2.52. The number of ether oxygens (including phenoxy) is 1. The van der Waals surface area contributed by atoms with E-state index in [1.165, 1.54) is 6.92 Å². The van der Waals surface area contributed by atoms with Crippen LogP contribution in [0.5, 0.6) is 0 Å². The molecule has 2 fully saturated rings. The van der Waals surface area contributed by atoms with Crippen molar-refractivity contribution in [3.63, 3.8) is 0 Å². The Hall–Kier alpha value is -2.12. The fourth-order valence-electron chi connectivity index (χ4n) is 3.61. The molecule has 3 rings (SSSR count). The van der Waals surface area contributed by atoms with Crippen molar-refractivity contribution in [2.45, 2.75) is 32.2 Å². The van der Waals surface area contributed by atoms with Crippen LogP contribution >= 0.6 is 0 Å². The van der Waals surface area contributed by atoms with E-state index in [0.717, 1.165) is 58.7 Å². The SMILES string of the molecule is CC(=O)Nc1cccc(NC(=O)N2CCCCC2CN2CCOCC2)c1. The van der Waals surface area contributed by atoms with Crippen LogP contribution in [0, 0.1) is 0 Å². The fourth-order valence-corrected chi connectivity index (χ4v) is 3.61. The van der Waals surface area contributed by atoms with Gasteiger partial charge in [-0.2, -0.15) is 0 Å². The van der Waals surface area contributed by atoms with E-state index in [1.807, 2.05) is 17.0 Å². The third-order valence-electron chi connectivity index (χ3n) is 4.89. The molecular formula is C19H28N4O3. The van der Waals surface area contributed by atoms with Crippen molar-refractivity contribution in [3.8, 4) is 0 Å². The summed E-state index contributed by atoms with van der Waals surface area (Å²) in [5, 5.41) is 5.72. The van der Waals surface area contributed by atoms with Gasteiger partial charge in [-0.3, -0.25) is 9.69 Å². The second-order valence-corrected chi connectivity index (χ2v) is 6.95. The number of carbonyl (C=O) groups excluding carboxylic acids is 2. The van der Waals surface area contributed by atoms with Gasteiger partial charge in [0.2, 0.25) is 5.91 Å². The molecule has 2 heterocycles. The van der Waals surface area contributed by atoms with Crippen molar-refractivity contribution < 1.29 is 14.3 Å². The van der Waals surface area contributed by atoms with Crippen molar-refractivity contribution in [3.05, 3.63) is 24.3 Å². The van der Waals surface area contributed by atoms with Crippen LogP contribution < -0.4 is 10.6 Å². The molecule has 2 N–H and O–H groups in total. The van der Waals surface area contributed by atoms with Gasteiger partial charge in [-0.15, -0.1) is 0 Å². The lowest BCUT2D eigenvalue weighted by Gasteiger charge is -2.39. The van der Waals surface area contributed by atoms with Gasteiger partial charge in [0, 0.05) is 50.5 Å². The predicted octanol–water partition coefficient (Wildman–Crippen LogP) is 2.36. The van der Waals surface area contributed by atoms with Crippen LogP contribution in [0.3, 0.4) is 0 Å². The number of hydrogen-bond acceptors (Lipinski definition) is 4. The van der Waals surface area contributed by atoms with E-state index in [9.17, 15) is 9.59 Å². The Morgan fingerprint density at radius 3 is 2.58 bits per heavy atom. The number of morpholine rings is 1. The first-order chi connectivity index (χ1) is 12.6. The zero-order valence-electron chi connectivity index (χ0n) is 15.4. The van der Waals surface area contributed by atoms with Crippen LogP contribution in [0.25, 0.3) is 0 Å². The van der Waals surface area contributed by atoms with Crippen LogP contribution in [-0.4, -0.2) is 67.2 Å². The molecule has 3 amide bonds. The summed E-state index contributed by atoms with van der Waals surface area (Å²) in [5.74, 6) is -0.130. The molecular weight excluding hydrogens is 332 g/mol. The number of likely N-dealkylation sites (tertiary alicyclic amines) is 1. The summed E-state index contributed by atoms with van der Waals surface area (Å²) in [6.07, 6.45) is 3.24. The zero-order chi connectivity index (χ0) is 18.4. The lowest BCUT2D eigenvalue weighted by atomic mass is 10.0. The molecule has 1 atom stereocenters. The highest BCUT2D eigenvalue weighted by atomic mass is 16.5. The molecule has 1 aromatic rings. The summed E-state index contributed by atoms with van der Waals surface area (Å²) in [6.45, 7) is 6.57. The highest BCUT2D eigenvalue weighted by Gasteiger charge is 2.28. The standard InChI is InChI=1S/C19H28N4O3/c1-15(24)20-16-5-4-6-17(13-16)21-19(25)23-8-3-2-7-18(23)14-22-9-11-26-12-10-22/h4-6,13,18H,2-3,7-12,14H2,1H3,(H,20,24)(H,21,25). The molecule has 0 spiro atoms. The van der Waals surface area contributed by atoms with Gasteiger partial charge >= 0.3 is 6.03 Å². The minimum Gasteiger partial charge on any atom is -0.379 e. The van der Waals surface area contributed by atoms with Gasteiger partial charge in [-0.05, 0) is 37.5 Å². The molecule has 1 unspecified atom stereocenters. The summed E-state index contributed by atoms with van der Waals surface area (Å²) in [6, 6.07) is 7.41. The Morgan fingerprint density at radius 1 is 1.12 bits per heavy atom. The summed E-state index contributed by atoms with van der Waals surface area (Å²) >= 11 is 0. The maximum absolute atomic E-state index is 12.8. The Bertz CT molecular complexity index is 631. The maximum Gasteiger partial charge on any atom is 0.322 e. The van der Waals surface area contributed by atoms with E-state index in [-0.39, 0.29) is 18.0 Å². The van der Waals surface area contributed by atoms with Gasteiger partial charge in [-0.25, -0.2) is 4.79 Å². The zero-order valence-corrected chi connectivity index (χ0v) is 15.4. The minimum atomic E-state index is -0.130. The molecule has 2 aliphatic heterocycles. The first-order valence-electron chi connectivity index (χ1n) is 9.37. The molecule has 2 aliphatic rings. The largest absolute Gasteiger partial charge is 0.379 e. The first-order valence-corrected chi connectivity index (χ1v) is 9.37. The summed E-state index contributed by atoms with van der Waals surface area (Å²) in [5.41, 5.74) is 1.37. The van der Waals surface area contributed by atoms with Crippen molar-refractivity contribution in [1.29, 1.82) is 0 Å².